The molecule has 0 radical (unpaired) electrons. The van der Waals surface area contributed by atoms with Crippen LogP contribution in [0.3, 0.4) is 0 Å². The number of halogens is 3. The number of rotatable bonds is 5. The molecular weight excluding hydrogens is 431 g/mol. The number of carbonyl (C=O) groups excluding carboxylic acids is 1. The summed E-state index contributed by atoms with van der Waals surface area (Å²) in [5.41, 5.74) is 1.67. The third-order valence-electron chi connectivity index (χ3n) is 5.92. The molecule has 9 heteroatoms. The van der Waals surface area contributed by atoms with E-state index in [1.165, 1.54) is 12.1 Å². The molecule has 1 saturated heterocycles. The molecule has 1 amide bonds. The van der Waals surface area contributed by atoms with Gasteiger partial charge in [-0.2, -0.15) is 13.2 Å². The summed E-state index contributed by atoms with van der Waals surface area (Å²) in [6, 6.07) is 9.15. The molecular formula is C24H26F3N5O. The second-order valence-corrected chi connectivity index (χ2v) is 8.37. The number of carbonyl (C=O) groups is 1. The molecule has 1 aliphatic heterocycles. The third kappa shape index (κ3) is 5.43. The first kappa shape index (κ1) is 23.0. The van der Waals surface area contributed by atoms with Crippen LogP contribution in [0.1, 0.15) is 27.0 Å². The molecule has 1 N–H and O–H groups in total. The molecule has 174 valence electrons. The van der Waals surface area contributed by atoms with Crippen LogP contribution >= 0.6 is 0 Å². The standard InChI is InChI=1S/C24H26F3N5O/c1-17-3-6-20(14-22(17)32-8-7-28-16-32)29-23(33)18-4-5-19(21(13-18)24(25,26)27)15-31-11-9-30(2)10-12-31/h3-8,13-14,16H,9-12,15H2,1-2H3,(H,29,33). The number of amides is 1. The Morgan fingerprint density at radius 1 is 1.09 bits per heavy atom. The van der Waals surface area contributed by atoms with Crippen molar-refractivity contribution in [2.24, 2.45) is 0 Å². The normalized spacial score (nSPS) is 15.5. The molecule has 2 aromatic carbocycles. The van der Waals surface area contributed by atoms with E-state index in [-0.39, 0.29) is 17.7 Å². The van der Waals surface area contributed by atoms with Crippen LogP contribution < -0.4 is 5.32 Å². The van der Waals surface area contributed by atoms with E-state index in [9.17, 15) is 18.0 Å². The number of alkyl halides is 3. The minimum absolute atomic E-state index is 0.0331. The van der Waals surface area contributed by atoms with Crippen molar-refractivity contribution in [2.45, 2.75) is 19.6 Å². The second-order valence-electron chi connectivity index (χ2n) is 8.37. The minimum Gasteiger partial charge on any atom is -0.322 e. The summed E-state index contributed by atoms with van der Waals surface area (Å²) in [7, 11) is 2.00. The number of anilines is 1. The number of hydrogen-bond acceptors (Lipinski definition) is 4. The van der Waals surface area contributed by atoms with Gasteiger partial charge in [0.15, 0.2) is 0 Å². The molecule has 0 spiro atoms. The fourth-order valence-electron chi connectivity index (χ4n) is 3.94. The van der Waals surface area contributed by atoms with Crippen molar-refractivity contribution in [3.05, 3.63) is 77.4 Å². The Labute approximate surface area is 190 Å². The SMILES string of the molecule is Cc1ccc(NC(=O)c2ccc(CN3CCN(C)CC3)c(C(F)(F)F)c2)cc1-n1ccnc1. The highest BCUT2D eigenvalue weighted by atomic mass is 19.4. The summed E-state index contributed by atoms with van der Waals surface area (Å²) in [5.74, 6) is -0.591. The summed E-state index contributed by atoms with van der Waals surface area (Å²) >= 11 is 0. The number of piperazine rings is 1. The van der Waals surface area contributed by atoms with Gasteiger partial charge in [0.05, 0.1) is 17.6 Å². The molecule has 6 nitrogen and oxygen atoms in total. The topological polar surface area (TPSA) is 53.4 Å². The van der Waals surface area contributed by atoms with E-state index in [0.717, 1.165) is 30.4 Å². The summed E-state index contributed by atoms with van der Waals surface area (Å²) in [6.45, 7) is 5.19. The lowest BCUT2D eigenvalue weighted by molar-refractivity contribution is -0.138. The smallest absolute Gasteiger partial charge is 0.322 e. The van der Waals surface area contributed by atoms with Gasteiger partial charge in [-0.1, -0.05) is 12.1 Å². The maximum Gasteiger partial charge on any atom is 0.416 e. The molecule has 1 aliphatic rings. The number of benzene rings is 2. The van der Waals surface area contributed by atoms with Gasteiger partial charge in [0.25, 0.3) is 5.91 Å². The highest BCUT2D eigenvalue weighted by Crippen LogP contribution is 2.34. The Morgan fingerprint density at radius 3 is 2.52 bits per heavy atom. The first-order valence-corrected chi connectivity index (χ1v) is 10.7. The molecule has 33 heavy (non-hydrogen) atoms. The van der Waals surface area contributed by atoms with E-state index in [1.807, 2.05) is 24.9 Å². The Morgan fingerprint density at radius 2 is 1.85 bits per heavy atom. The number of imidazole rings is 1. The van der Waals surface area contributed by atoms with Crippen molar-refractivity contribution in [3.8, 4) is 5.69 Å². The average Bonchev–Trinajstić information content (AvgIpc) is 3.31. The van der Waals surface area contributed by atoms with Crippen LogP contribution in [-0.2, 0) is 12.7 Å². The van der Waals surface area contributed by atoms with Crippen molar-refractivity contribution < 1.29 is 18.0 Å². The molecule has 4 rings (SSSR count). The van der Waals surface area contributed by atoms with Gasteiger partial charge < -0.3 is 14.8 Å². The number of nitrogens with one attached hydrogen (secondary N) is 1. The van der Waals surface area contributed by atoms with Crippen LogP contribution in [0, 0.1) is 6.92 Å². The van der Waals surface area contributed by atoms with Crippen LogP contribution in [0.5, 0.6) is 0 Å². The van der Waals surface area contributed by atoms with Crippen molar-refractivity contribution >= 4 is 11.6 Å². The summed E-state index contributed by atoms with van der Waals surface area (Å²) in [6.07, 6.45) is 0.523. The van der Waals surface area contributed by atoms with E-state index in [0.29, 0.717) is 18.8 Å². The van der Waals surface area contributed by atoms with Gasteiger partial charge in [0, 0.05) is 56.4 Å². The van der Waals surface area contributed by atoms with Crippen LogP contribution in [0.4, 0.5) is 18.9 Å². The van der Waals surface area contributed by atoms with Gasteiger partial charge in [0.2, 0.25) is 0 Å². The van der Waals surface area contributed by atoms with Crippen molar-refractivity contribution in [1.82, 2.24) is 19.4 Å². The third-order valence-corrected chi connectivity index (χ3v) is 5.92. The first-order chi connectivity index (χ1) is 15.7. The number of likely N-dealkylation sites (N-methyl/N-ethyl adjacent to an activating group) is 1. The molecule has 0 saturated carbocycles. The molecule has 2 heterocycles. The van der Waals surface area contributed by atoms with Crippen molar-refractivity contribution in [3.63, 3.8) is 0 Å². The fraction of sp³-hybridized carbons (Fsp3) is 0.333. The van der Waals surface area contributed by atoms with Crippen LogP contribution in [0.15, 0.2) is 55.1 Å². The van der Waals surface area contributed by atoms with Gasteiger partial charge in [-0.15, -0.1) is 0 Å². The minimum atomic E-state index is -4.54. The molecule has 3 aromatic rings. The molecule has 1 aromatic heterocycles. The van der Waals surface area contributed by atoms with Crippen LogP contribution in [0.2, 0.25) is 0 Å². The van der Waals surface area contributed by atoms with E-state index >= 15 is 0 Å². The Kier molecular flexibility index (Phi) is 6.53. The Bertz CT molecular complexity index is 1120. The van der Waals surface area contributed by atoms with Gasteiger partial charge in [-0.3, -0.25) is 9.69 Å². The van der Waals surface area contributed by atoms with E-state index in [1.54, 1.807) is 35.4 Å². The zero-order valence-corrected chi connectivity index (χ0v) is 18.6. The number of aryl methyl sites for hydroxylation is 1. The summed E-state index contributed by atoms with van der Waals surface area (Å²) in [4.78, 5) is 21.0. The number of nitrogens with zero attached hydrogens (tertiary/aromatic N) is 4. The zero-order chi connectivity index (χ0) is 23.6. The molecule has 0 bridgehead atoms. The highest BCUT2D eigenvalue weighted by molar-refractivity contribution is 6.04. The van der Waals surface area contributed by atoms with Crippen LogP contribution in [-0.4, -0.2) is 58.5 Å². The monoisotopic (exact) mass is 457 g/mol. The highest BCUT2D eigenvalue weighted by Gasteiger charge is 2.34. The van der Waals surface area contributed by atoms with E-state index in [4.69, 9.17) is 0 Å². The van der Waals surface area contributed by atoms with Crippen molar-refractivity contribution in [1.29, 1.82) is 0 Å². The maximum atomic E-state index is 13.8. The van der Waals surface area contributed by atoms with Gasteiger partial charge in [-0.05, 0) is 49.4 Å². The second kappa shape index (κ2) is 9.36. The lowest BCUT2D eigenvalue weighted by atomic mass is 10.0. The Hall–Kier alpha value is -3.17. The van der Waals surface area contributed by atoms with Gasteiger partial charge >= 0.3 is 6.18 Å². The zero-order valence-electron chi connectivity index (χ0n) is 18.6. The average molecular weight is 458 g/mol. The predicted molar refractivity (Wildman–Crippen MR) is 120 cm³/mol. The lowest BCUT2D eigenvalue weighted by Crippen LogP contribution is -2.44. The maximum absolute atomic E-state index is 13.8. The molecule has 0 aliphatic carbocycles. The largest absolute Gasteiger partial charge is 0.416 e. The molecule has 1 fully saturated rings. The lowest BCUT2D eigenvalue weighted by Gasteiger charge is -2.33. The summed E-state index contributed by atoms with van der Waals surface area (Å²) < 4.78 is 43.3. The molecule has 0 atom stereocenters. The fourth-order valence-corrected chi connectivity index (χ4v) is 3.94. The number of aromatic nitrogens is 2. The summed E-state index contributed by atoms with van der Waals surface area (Å²) in [5, 5.41) is 2.72. The van der Waals surface area contributed by atoms with E-state index in [2.05, 4.69) is 15.2 Å². The first-order valence-electron chi connectivity index (χ1n) is 10.7. The van der Waals surface area contributed by atoms with Crippen molar-refractivity contribution in [2.75, 3.05) is 38.5 Å². The quantitative estimate of drug-likeness (QED) is 0.624. The Balaban J connectivity index is 1.55. The van der Waals surface area contributed by atoms with E-state index < -0.39 is 17.6 Å². The molecule has 0 unspecified atom stereocenters. The number of hydrogen-bond donors (Lipinski definition) is 1. The van der Waals surface area contributed by atoms with Gasteiger partial charge in [-0.25, -0.2) is 4.98 Å². The van der Waals surface area contributed by atoms with Crippen LogP contribution in [0.25, 0.3) is 5.69 Å². The predicted octanol–water partition coefficient (Wildman–Crippen LogP) is 4.20. The van der Waals surface area contributed by atoms with Gasteiger partial charge in [0.1, 0.15) is 0 Å².